The fourth-order valence-corrected chi connectivity index (χ4v) is 2.49. The average molecular weight is 299 g/mol. The summed E-state index contributed by atoms with van der Waals surface area (Å²) in [7, 11) is 0. The summed E-state index contributed by atoms with van der Waals surface area (Å²) in [6, 6.07) is 8.36. The molecule has 0 radical (unpaired) electrons. The first-order chi connectivity index (χ1) is 10.3. The van der Waals surface area contributed by atoms with Gasteiger partial charge in [-0.1, -0.05) is 24.3 Å². The van der Waals surface area contributed by atoms with E-state index in [1.54, 1.807) is 24.3 Å². The predicted molar refractivity (Wildman–Crippen MR) is 84.1 cm³/mol. The molecule has 2 aromatic rings. The number of rotatable bonds is 4. The van der Waals surface area contributed by atoms with E-state index in [1.165, 1.54) is 6.07 Å². The normalized spacial score (nSPS) is 10.5. The number of carboxylic acid groups (broad SMARTS) is 2. The molecule has 0 bridgehead atoms. The molecule has 22 heavy (non-hydrogen) atoms. The molecule has 5 nitrogen and oxygen atoms in total. The van der Waals surface area contributed by atoms with Gasteiger partial charge < -0.3 is 15.9 Å². The molecule has 2 aromatic carbocycles. The number of nitrogen functional groups attached to an aromatic ring is 1. The van der Waals surface area contributed by atoms with Gasteiger partial charge in [-0.15, -0.1) is 0 Å². The molecule has 0 saturated carbocycles. The van der Waals surface area contributed by atoms with Gasteiger partial charge in [0.25, 0.3) is 0 Å². The Hall–Kier alpha value is -2.82. The maximum absolute atomic E-state index is 11.5. The molecule has 4 N–H and O–H groups in total. The summed E-state index contributed by atoms with van der Waals surface area (Å²) in [5.41, 5.74) is 9.89. The zero-order valence-corrected chi connectivity index (χ0v) is 12.4. The lowest BCUT2D eigenvalue weighted by Gasteiger charge is -2.15. The van der Waals surface area contributed by atoms with Crippen LogP contribution in [0.15, 0.2) is 30.3 Å². The minimum atomic E-state index is -1.06. The zero-order chi connectivity index (χ0) is 16.4. The average Bonchev–Trinajstić information content (AvgIpc) is 2.43. The van der Waals surface area contributed by atoms with Gasteiger partial charge in [0.1, 0.15) is 0 Å². The first kappa shape index (κ1) is 15.6. The van der Waals surface area contributed by atoms with Crippen molar-refractivity contribution in [3.8, 4) is 11.1 Å². The standard InChI is InChI=1S/C17H17NO4/c1-9-10(2)16(13(17(21)22)8-14(9)18)12-5-3-4-11(6-12)7-15(19)20/h3-6,8H,7,18H2,1-2H3,(H,19,20)(H,21,22). The van der Waals surface area contributed by atoms with E-state index in [0.717, 1.165) is 11.1 Å². The summed E-state index contributed by atoms with van der Waals surface area (Å²) in [5.74, 6) is -1.99. The number of carboxylic acids is 2. The van der Waals surface area contributed by atoms with Crippen LogP contribution in [0.5, 0.6) is 0 Å². The smallest absolute Gasteiger partial charge is 0.336 e. The molecule has 0 unspecified atom stereocenters. The van der Waals surface area contributed by atoms with Crippen LogP contribution >= 0.6 is 0 Å². The van der Waals surface area contributed by atoms with Crippen molar-refractivity contribution in [1.29, 1.82) is 0 Å². The molecule has 0 heterocycles. The molecule has 0 spiro atoms. The first-order valence-electron chi connectivity index (χ1n) is 6.75. The van der Waals surface area contributed by atoms with E-state index in [2.05, 4.69) is 0 Å². The Labute approximate surface area is 128 Å². The van der Waals surface area contributed by atoms with E-state index in [1.807, 2.05) is 13.8 Å². The molecule has 114 valence electrons. The van der Waals surface area contributed by atoms with Crippen LogP contribution < -0.4 is 5.73 Å². The number of hydrogen-bond acceptors (Lipinski definition) is 3. The topological polar surface area (TPSA) is 101 Å². The summed E-state index contributed by atoms with van der Waals surface area (Å²) < 4.78 is 0. The molecule has 0 amide bonds. The Morgan fingerprint density at radius 2 is 1.77 bits per heavy atom. The molecular weight excluding hydrogens is 282 g/mol. The number of aliphatic carboxylic acids is 1. The van der Waals surface area contributed by atoms with E-state index in [0.29, 0.717) is 22.4 Å². The number of hydrogen-bond donors (Lipinski definition) is 3. The summed E-state index contributed by atoms with van der Waals surface area (Å²) in [4.78, 5) is 22.4. The first-order valence-corrected chi connectivity index (χ1v) is 6.75. The number of anilines is 1. The Morgan fingerprint density at radius 3 is 2.36 bits per heavy atom. The zero-order valence-electron chi connectivity index (χ0n) is 12.4. The fourth-order valence-electron chi connectivity index (χ4n) is 2.49. The van der Waals surface area contributed by atoms with Crippen molar-refractivity contribution in [1.82, 2.24) is 0 Å². The Balaban J connectivity index is 2.68. The van der Waals surface area contributed by atoms with Crippen LogP contribution in [0.2, 0.25) is 0 Å². The van der Waals surface area contributed by atoms with Crippen LogP contribution in [0.1, 0.15) is 27.0 Å². The van der Waals surface area contributed by atoms with Crippen molar-refractivity contribution in [2.45, 2.75) is 20.3 Å². The van der Waals surface area contributed by atoms with Crippen molar-refractivity contribution >= 4 is 17.6 Å². The van der Waals surface area contributed by atoms with Crippen LogP contribution in [0, 0.1) is 13.8 Å². The lowest BCUT2D eigenvalue weighted by Crippen LogP contribution is -2.06. The highest BCUT2D eigenvalue weighted by Crippen LogP contribution is 2.33. The van der Waals surface area contributed by atoms with Crippen molar-refractivity contribution in [3.63, 3.8) is 0 Å². The van der Waals surface area contributed by atoms with Crippen LogP contribution in [0.4, 0.5) is 5.69 Å². The number of aromatic carboxylic acids is 1. The van der Waals surface area contributed by atoms with Gasteiger partial charge in [0, 0.05) is 5.69 Å². The molecule has 5 heteroatoms. The van der Waals surface area contributed by atoms with E-state index in [-0.39, 0.29) is 12.0 Å². The highest BCUT2D eigenvalue weighted by molar-refractivity contribution is 5.99. The van der Waals surface area contributed by atoms with Crippen molar-refractivity contribution in [2.75, 3.05) is 5.73 Å². The Morgan fingerprint density at radius 1 is 1.09 bits per heavy atom. The van der Waals surface area contributed by atoms with Gasteiger partial charge in [-0.3, -0.25) is 4.79 Å². The highest BCUT2D eigenvalue weighted by Gasteiger charge is 2.18. The number of carbonyl (C=O) groups is 2. The summed E-state index contributed by atoms with van der Waals surface area (Å²) >= 11 is 0. The van der Waals surface area contributed by atoms with E-state index < -0.39 is 11.9 Å². The second-order valence-corrected chi connectivity index (χ2v) is 5.21. The summed E-state index contributed by atoms with van der Waals surface area (Å²) in [6.07, 6.45) is -0.108. The quantitative estimate of drug-likeness (QED) is 0.754. The Kier molecular flexibility index (Phi) is 4.17. The highest BCUT2D eigenvalue weighted by atomic mass is 16.4. The Bertz CT molecular complexity index is 765. The molecule has 0 fully saturated rings. The predicted octanol–water partition coefficient (Wildman–Crippen LogP) is 2.88. The molecule has 0 aliphatic carbocycles. The summed E-state index contributed by atoms with van der Waals surface area (Å²) in [5, 5.41) is 18.3. The van der Waals surface area contributed by atoms with Crippen molar-refractivity contribution in [2.24, 2.45) is 0 Å². The number of benzene rings is 2. The third kappa shape index (κ3) is 2.93. The van der Waals surface area contributed by atoms with Crippen LogP contribution in [-0.2, 0) is 11.2 Å². The maximum atomic E-state index is 11.5. The van der Waals surface area contributed by atoms with Gasteiger partial charge in [0.15, 0.2) is 0 Å². The molecule has 0 aromatic heterocycles. The van der Waals surface area contributed by atoms with E-state index in [4.69, 9.17) is 10.8 Å². The van der Waals surface area contributed by atoms with E-state index in [9.17, 15) is 14.7 Å². The SMILES string of the molecule is Cc1c(N)cc(C(=O)O)c(-c2cccc(CC(=O)O)c2)c1C. The lowest BCUT2D eigenvalue weighted by molar-refractivity contribution is -0.136. The second-order valence-electron chi connectivity index (χ2n) is 5.21. The molecule has 0 atom stereocenters. The van der Waals surface area contributed by atoms with Gasteiger partial charge in [0.2, 0.25) is 0 Å². The van der Waals surface area contributed by atoms with Gasteiger partial charge in [-0.05, 0) is 47.7 Å². The minimum absolute atomic E-state index is 0.108. The lowest BCUT2D eigenvalue weighted by atomic mass is 9.90. The van der Waals surface area contributed by atoms with Crippen LogP contribution in [0.25, 0.3) is 11.1 Å². The largest absolute Gasteiger partial charge is 0.481 e. The van der Waals surface area contributed by atoms with Gasteiger partial charge in [-0.25, -0.2) is 4.79 Å². The second kappa shape index (κ2) is 5.89. The van der Waals surface area contributed by atoms with Gasteiger partial charge in [0.05, 0.1) is 12.0 Å². The molecule has 0 aliphatic heterocycles. The molecule has 0 saturated heterocycles. The number of nitrogens with two attached hydrogens (primary N) is 1. The fraction of sp³-hybridized carbons (Fsp3) is 0.176. The van der Waals surface area contributed by atoms with Gasteiger partial charge in [-0.2, -0.15) is 0 Å². The van der Waals surface area contributed by atoms with Crippen LogP contribution in [-0.4, -0.2) is 22.2 Å². The monoisotopic (exact) mass is 299 g/mol. The maximum Gasteiger partial charge on any atom is 0.336 e. The van der Waals surface area contributed by atoms with Gasteiger partial charge >= 0.3 is 11.9 Å². The summed E-state index contributed by atoms with van der Waals surface area (Å²) in [6.45, 7) is 3.65. The third-order valence-corrected chi connectivity index (χ3v) is 3.74. The molecule has 2 rings (SSSR count). The molecular formula is C17H17NO4. The van der Waals surface area contributed by atoms with Crippen molar-refractivity contribution in [3.05, 3.63) is 52.6 Å². The van der Waals surface area contributed by atoms with E-state index >= 15 is 0 Å². The van der Waals surface area contributed by atoms with Crippen LogP contribution in [0.3, 0.4) is 0 Å². The van der Waals surface area contributed by atoms with Crippen molar-refractivity contribution < 1.29 is 19.8 Å². The molecule has 0 aliphatic rings. The third-order valence-electron chi connectivity index (χ3n) is 3.74. The minimum Gasteiger partial charge on any atom is -0.481 e.